The van der Waals surface area contributed by atoms with Crippen LogP contribution in [-0.2, 0) is 17.6 Å². The molecule has 1 aromatic heterocycles. The molecule has 0 aliphatic carbocycles. The summed E-state index contributed by atoms with van der Waals surface area (Å²) in [4.78, 5) is 16.5. The normalized spacial score (nSPS) is 13.4. The molecule has 7 heteroatoms. The maximum absolute atomic E-state index is 12.2. The fourth-order valence-corrected chi connectivity index (χ4v) is 3.90. The van der Waals surface area contributed by atoms with Crippen LogP contribution < -0.4 is 11.1 Å². The van der Waals surface area contributed by atoms with Crippen LogP contribution in [0.4, 0.5) is 0 Å². The highest BCUT2D eigenvalue weighted by atomic mass is 16.3. The predicted molar refractivity (Wildman–Crippen MR) is 127 cm³/mol. The van der Waals surface area contributed by atoms with E-state index in [9.17, 15) is 20.1 Å². The molecular formula is C26H31N3O4. The molecule has 6 N–H and O–H groups in total. The van der Waals surface area contributed by atoms with Crippen LogP contribution in [-0.4, -0.2) is 38.3 Å². The molecular weight excluding hydrogens is 418 g/mol. The number of phenols is 2. The minimum Gasteiger partial charge on any atom is -0.508 e. The van der Waals surface area contributed by atoms with Gasteiger partial charge < -0.3 is 26.4 Å². The summed E-state index contributed by atoms with van der Waals surface area (Å²) in [6, 6.07) is 17.5. The van der Waals surface area contributed by atoms with Crippen LogP contribution in [0.15, 0.2) is 66.9 Å². The molecule has 3 aromatic rings. The number of β-amino-alcohol motifs (C(OH)–C–C–N with tert-alkyl or cyclic N) is 1. The predicted octanol–water partition coefficient (Wildman–Crippen LogP) is 2.95. The number of carbonyl (C=O) groups is 1. The zero-order valence-electron chi connectivity index (χ0n) is 18.9. The SMILES string of the molecule is CC(C)(Cc1cccc(C(Cc2ccccn2)C(N)=O)c1)NCC(O)c1cc(O)cc(O)c1. The first-order valence-corrected chi connectivity index (χ1v) is 10.9. The third-order valence-electron chi connectivity index (χ3n) is 5.57. The Kier molecular flexibility index (Phi) is 7.68. The molecule has 1 heterocycles. The lowest BCUT2D eigenvalue weighted by atomic mass is 9.88. The van der Waals surface area contributed by atoms with Gasteiger partial charge in [0.2, 0.25) is 5.91 Å². The van der Waals surface area contributed by atoms with Crippen LogP contribution in [0.25, 0.3) is 0 Å². The van der Waals surface area contributed by atoms with Crippen molar-refractivity contribution in [2.75, 3.05) is 6.54 Å². The van der Waals surface area contributed by atoms with Crippen molar-refractivity contribution in [3.8, 4) is 11.5 Å². The standard InChI is InChI=1S/C26H31N3O4/c1-26(2,29-16-24(32)19-11-21(30)14-22(31)12-19)15-17-6-5-7-18(10-17)23(25(27)33)13-20-8-3-4-9-28-20/h3-12,14,23-24,29-32H,13,15-16H2,1-2H3,(H2,27,33). The Morgan fingerprint density at radius 2 is 1.76 bits per heavy atom. The Bertz CT molecular complexity index is 1070. The topological polar surface area (TPSA) is 129 Å². The number of hydrogen-bond donors (Lipinski definition) is 5. The Hall–Kier alpha value is -3.42. The first-order chi connectivity index (χ1) is 15.6. The molecule has 2 atom stereocenters. The number of aromatic hydroxyl groups is 2. The lowest BCUT2D eigenvalue weighted by Crippen LogP contribution is -2.43. The number of benzene rings is 2. The number of aliphatic hydroxyl groups is 1. The highest BCUT2D eigenvalue weighted by molar-refractivity contribution is 5.82. The molecule has 3 rings (SSSR count). The van der Waals surface area contributed by atoms with Gasteiger partial charge >= 0.3 is 0 Å². The van der Waals surface area contributed by atoms with Crippen molar-refractivity contribution >= 4 is 5.91 Å². The summed E-state index contributed by atoms with van der Waals surface area (Å²) in [5.41, 5.74) is 8.44. The van der Waals surface area contributed by atoms with Gasteiger partial charge in [-0.25, -0.2) is 0 Å². The van der Waals surface area contributed by atoms with E-state index in [1.807, 2.05) is 56.3 Å². The fourth-order valence-electron chi connectivity index (χ4n) is 3.90. The minimum absolute atomic E-state index is 0.102. The van der Waals surface area contributed by atoms with E-state index in [0.29, 0.717) is 18.4 Å². The van der Waals surface area contributed by atoms with Gasteiger partial charge in [-0.1, -0.05) is 30.3 Å². The number of amides is 1. The Balaban J connectivity index is 1.68. The number of aromatic nitrogens is 1. The molecule has 0 aliphatic rings. The van der Waals surface area contributed by atoms with Gasteiger partial charge in [0.15, 0.2) is 0 Å². The Labute approximate surface area is 193 Å². The third kappa shape index (κ3) is 7.03. The summed E-state index contributed by atoms with van der Waals surface area (Å²) in [7, 11) is 0. The number of nitrogens with two attached hydrogens (primary N) is 1. The lowest BCUT2D eigenvalue weighted by molar-refractivity contribution is -0.119. The largest absolute Gasteiger partial charge is 0.508 e. The lowest BCUT2D eigenvalue weighted by Gasteiger charge is -2.28. The van der Waals surface area contributed by atoms with Crippen LogP contribution >= 0.6 is 0 Å². The average Bonchev–Trinajstić information content (AvgIpc) is 2.75. The fraction of sp³-hybridized carbons (Fsp3) is 0.308. The molecule has 0 spiro atoms. The summed E-state index contributed by atoms with van der Waals surface area (Å²) in [6.45, 7) is 4.27. The summed E-state index contributed by atoms with van der Waals surface area (Å²) in [5, 5.41) is 33.1. The first-order valence-electron chi connectivity index (χ1n) is 10.9. The van der Waals surface area contributed by atoms with Crippen LogP contribution in [0.5, 0.6) is 11.5 Å². The summed E-state index contributed by atoms with van der Waals surface area (Å²) in [6.07, 6.45) is 1.88. The molecule has 0 fully saturated rings. The number of nitrogens with zero attached hydrogens (tertiary/aromatic N) is 1. The van der Waals surface area contributed by atoms with Gasteiger partial charge in [0.1, 0.15) is 11.5 Å². The highest BCUT2D eigenvalue weighted by Crippen LogP contribution is 2.26. The van der Waals surface area contributed by atoms with Crippen molar-refractivity contribution < 1.29 is 20.1 Å². The van der Waals surface area contributed by atoms with Gasteiger partial charge in [0.05, 0.1) is 12.0 Å². The second-order valence-electron chi connectivity index (χ2n) is 8.97. The maximum atomic E-state index is 12.2. The Morgan fingerprint density at radius 3 is 2.39 bits per heavy atom. The number of pyridine rings is 1. The molecule has 7 nitrogen and oxygen atoms in total. The van der Waals surface area contributed by atoms with Crippen molar-refractivity contribution in [2.24, 2.45) is 5.73 Å². The second-order valence-corrected chi connectivity index (χ2v) is 8.97. The van der Waals surface area contributed by atoms with E-state index < -0.39 is 17.9 Å². The van der Waals surface area contributed by atoms with Crippen LogP contribution in [0.3, 0.4) is 0 Å². The highest BCUT2D eigenvalue weighted by Gasteiger charge is 2.23. The van der Waals surface area contributed by atoms with E-state index in [1.54, 1.807) is 6.20 Å². The monoisotopic (exact) mass is 449 g/mol. The average molecular weight is 450 g/mol. The van der Waals surface area contributed by atoms with E-state index >= 15 is 0 Å². The number of carbonyl (C=O) groups excluding carboxylic acids is 1. The summed E-state index contributed by atoms with van der Waals surface area (Å²) in [5.74, 6) is -1.08. The van der Waals surface area contributed by atoms with E-state index in [4.69, 9.17) is 5.73 Å². The summed E-state index contributed by atoms with van der Waals surface area (Å²) < 4.78 is 0. The molecule has 2 unspecified atom stereocenters. The van der Waals surface area contributed by atoms with Crippen molar-refractivity contribution in [1.82, 2.24) is 10.3 Å². The molecule has 33 heavy (non-hydrogen) atoms. The number of aliphatic hydroxyl groups excluding tert-OH is 1. The molecule has 0 saturated heterocycles. The number of nitrogens with one attached hydrogen (secondary N) is 1. The van der Waals surface area contributed by atoms with Gasteiger partial charge in [-0.05, 0) is 61.2 Å². The number of rotatable bonds is 10. The van der Waals surface area contributed by atoms with Gasteiger partial charge in [-0.2, -0.15) is 0 Å². The quantitative estimate of drug-likeness (QED) is 0.324. The van der Waals surface area contributed by atoms with E-state index in [1.165, 1.54) is 18.2 Å². The molecule has 0 bridgehead atoms. The van der Waals surface area contributed by atoms with Crippen LogP contribution in [0, 0.1) is 0 Å². The van der Waals surface area contributed by atoms with Crippen molar-refractivity contribution in [2.45, 2.75) is 44.2 Å². The van der Waals surface area contributed by atoms with Gasteiger partial charge in [-0.3, -0.25) is 9.78 Å². The minimum atomic E-state index is -0.897. The van der Waals surface area contributed by atoms with Gasteiger partial charge in [-0.15, -0.1) is 0 Å². The van der Waals surface area contributed by atoms with Gasteiger partial charge in [0, 0.05) is 36.5 Å². The maximum Gasteiger partial charge on any atom is 0.225 e. The van der Waals surface area contributed by atoms with Crippen LogP contribution in [0.2, 0.25) is 0 Å². The number of primary amides is 1. The van der Waals surface area contributed by atoms with E-state index in [2.05, 4.69) is 10.3 Å². The first kappa shape index (κ1) is 24.2. The number of hydrogen-bond acceptors (Lipinski definition) is 6. The second kappa shape index (κ2) is 10.5. The molecule has 0 aliphatic heterocycles. The summed E-state index contributed by atoms with van der Waals surface area (Å²) >= 11 is 0. The van der Waals surface area contributed by atoms with E-state index in [-0.39, 0.29) is 23.6 Å². The molecule has 174 valence electrons. The zero-order chi connectivity index (χ0) is 24.0. The van der Waals surface area contributed by atoms with Gasteiger partial charge in [0.25, 0.3) is 0 Å². The molecule has 2 aromatic carbocycles. The smallest absolute Gasteiger partial charge is 0.225 e. The van der Waals surface area contributed by atoms with Crippen molar-refractivity contribution in [3.63, 3.8) is 0 Å². The van der Waals surface area contributed by atoms with E-state index in [0.717, 1.165) is 16.8 Å². The molecule has 0 saturated carbocycles. The van der Waals surface area contributed by atoms with Crippen molar-refractivity contribution in [1.29, 1.82) is 0 Å². The Morgan fingerprint density at radius 1 is 1.03 bits per heavy atom. The molecule has 1 amide bonds. The van der Waals surface area contributed by atoms with Crippen LogP contribution in [0.1, 0.15) is 48.3 Å². The third-order valence-corrected chi connectivity index (χ3v) is 5.57. The number of phenolic OH excluding ortho intramolecular Hbond substituents is 2. The van der Waals surface area contributed by atoms with Crippen molar-refractivity contribution in [3.05, 3.63) is 89.2 Å². The zero-order valence-corrected chi connectivity index (χ0v) is 18.9. The molecule has 0 radical (unpaired) electrons.